The standard InChI is InChI=1S/C29H31FN4O3/c30-24-12-21(15-31)11-23(13-24)27-8-10-37-34(27)29(35)22-5-3-19(4-6-22)17-33-9-7-26-28(33)14-25(16-32-26)36-18-20-1-2-20/h7,9,11-14,16,19-20,22,27H,1-6,8,10,17-18H2/t19?,22?,27-/m0/s1. The summed E-state index contributed by atoms with van der Waals surface area (Å²) in [6.07, 6.45) is 10.5. The van der Waals surface area contributed by atoms with Gasteiger partial charge in [-0.1, -0.05) is 0 Å². The third-order valence-corrected chi connectivity index (χ3v) is 7.98. The van der Waals surface area contributed by atoms with Crippen molar-refractivity contribution >= 4 is 16.9 Å². The van der Waals surface area contributed by atoms with Gasteiger partial charge in [-0.15, -0.1) is 0 Å². The van der Waals surface area contributed by atoms with Gasteiger partial charge in [-0.3, -0.25) is 14.6 Å². The molecular formula is C29H31FN4O3. The smallest absolute Gasteiger partial charge is 0.249 e. The lowest BCUT2D eigenvalue weighted by molar-refractivity contribution is -0.183. The number of aromatic nitrogens is 2. The van der Waals surface area contributed by atoms with Crippen LogP contribution < -0.4 is 4.74 Å². The van der Waals surface area contributed by atoms with Crippen LogP contribution in [0.1, 0.15) is 62.1 Å². The van der Waals surface area contributed by atoms with Crippen molar-refractivity contribution < 1.29 is 18.8 Å². The summed E-state index contributed by atoms with van der Waals surface area (Å²) in [5.74, 6) is 1.40. The maximum absolute atomic E-state index is 14.0. The molecule has 6 rings (SSSR count). The average Bonchev–Trinajstić information content (AvgIpc) is 3.47. The first kappa shape index (κ1) is 23.9. The molecule has 1 amide bonds. The van der Waals surface area contributed by atoms with E-state index in [0.29, 0.717) is 30.4 Å². The molecule has 8 heteroatoms. The molecule has 0 N–H and O–H groups in total. The number of fused-ring (bicyclic) bond motifs is 1. The van der Waals surface area contributed by atoms with E-state index in [4.69, 9.17) is 9.57 Å². The minimum absolute atomic E-state index is 0.0308. The molecule has 3 fully saturated rings. The Hall–Kier alpha value is -3.44. The molecule has 7 nitrogen and oxygen atoms in total. The van der Waals surface area contributed by atoms with Crippen molar-refractivity contribution in [1.82, 2.24) is 14.6 Å². The molecule has 0 bridgehead atoms. The van der Waals surface area contributed by atoms with Crippen molar-refractivity contribution in [2.45, 2.75) is 57.5 Å². The van der Waals surface area contributed by atoms with Crippen LogP contribution >= 0.6 is 0 Å². The van der Waals surface area contributed by atoms with Crippen LogP contribution in [0.25, 0.3) is 11.0 Å². The number of carbonyl (C=O) groups excluding carboxylic acids is 1. The van der Waals surface area contributed by atoms with Crippen LogP contribution in [-0.4, -0.2) is 33.7 Å². The number of amides is 1. The largest absolute Gasteiger partial charge is 0.492 e. The fourth-order valence-electron chi connectivity index (χ4n) is 5.69. The molecular weight excluding hydrogens is 471 g/mol. The first-order chi connectivity index (χ1) is 18.1. The minimum Gasteiger partial charge on any atom is -0.492 e. The number of hydrogen-bond donors (Lipinski definition) is 0. The van der Waals surface area contributed by atoms with Crippen molar-refractivity contribution in [3.8, 4) is 11.8 Å². The summed E-state index contributed by atoms with van der Waals surface area (Å²) < 4.78 is 22.2. The lowest BCUT2D eigenvalue weighted by Gasteiger charge is -2.32. The maximum Gasteiger partial charge on any atom is 0.249 e. The predicted octanol–water partition coefficient (Wildman–Crippen LogP) is 5.55. The van der Waals surface area contributed by atoms with Gasteiger partial charge < -0.3 is 9.30 Å². The van der Waals surface area contributed by atoms with Crippen molar-refractivity contribution in [1.29, 1.82) is 5.26 Å². The molecule has 0 unspecified atom stereocenters. The summed E-state index contributed by atoms with van der Waals surface area (Å²) in [5, 5.41) is 10.6. The summed E-state index contributed by atoms with van der Waals surface area (Å²) in [7, 11) is 0. The Bertz CT molecular complexity index is 1340. The van der Waals surface area contributed by atoms with Gasteiger partial charge >= 0.3 is 0 Å². The zero-order chi connectivity index (χ0) is 25.4. The molecule has 2 aromatic heterocycles. The molecule has 0 radical (unpaired) electrons. The Labute approximate surface area is 215 Å². The third kappa shape index (κ3) is 5.19. The van der Waals surface area contributed by atoms with E-state index in [0.717, 1.165) is 55.6 Å². The van der Waals surface area contributed by atoms with Crippen LogP contribution in [0.5, 0.6) is 5.75 Å². The van der Waals surface area contributed by atoms with Gasteiger partial charge in [0.25, 0.3) is 0 Å². The van der Waals surface area contributed by atoms with E-state index < -0.39 is 5.82 Å². The quantitative estimate of drug-likeness (QED) is 0.423. The summed E-state index contributed by atoms with van der Waals surface area (Å²) in [6.45, 7) is 2.07. The molecule has 3 aliphatic rings. The fraction of sp³-hybridized carbons (Fsp3) is 0.483. The minimum atomic E-state index is -0.469. The molecule has 2 saturated carbocycles. The number of nitrogens with zero attached hydrogens (tertiary/aromatic N) is 4. The number of nitriles is 1. The third-order valence-electron chi connectivity index (χ3n) is 7.98. The highest BCUT2D eigenvalue weighted by Crippen LogP contribution is 2.37. The van der Waals surface area contributed by atoms with Crippen LogP contribution in [-0.2, 0) is 16.2 Å². The average molecular weight is 503 g/mol. The molecule has 1 saturated heterocycles. The normalized spacial score (nSPS) is 23.8. The number of ether oxygens (including phenoxy) is 1. The topological polar surface area (TPSA) is 80.4 Å². The van der Waals surface area contributed by atoms with Gasteiger partial charge in [-0.05, 0) is 80.2 Å². The van der Waals surface area contributed by atoms with Crippen molar-refractivity contribution in [2.75, 3.05) is 13.2 Å². The Morgan fingerprint density at radius 3 is 2.70 bits per heavy atom. The van der Waals surface area contributed by atoms with Gasteiger partial charge in [0.15, 0.2) is 0 Å². The predicted molar refractivity (Wildman–Crippen MR) is 135 cm³/mol. The zero-order valence-electron chi connectivity index (χ0n) is 20.8. The molecule has 3 heterocycles. The van der Waals surface area contributed by atoms with Gasteiger partial charge in [0, 0.05) is 31.1 Å². The Balaban J connectivity index is 1.08. The number of halogens is 1. The molecule has 192 valence electrons. The second kappa shape index (κ2) is 10.1. The van der Waals surface area contributed by atoms with Crippen LogP contribution in [0, 0.1) is 34.9 Å². The molecule has 0 spiro atoms. The number of benzene rings is 1. The van der Waals surface area contributed by atoms with Crippen LogP contribution in [0.2, 0.25) is 0 Å². The lowest BCUT2D eigenvalue weighted by Crippen LogP contribution is -2.37. The van der Waals surface area contributed by atoms with Gasteiger partial charge in [-0.25, -0.2) is 9.45 Å². The van der Waals surface area contributed by atoms with Gasteiger partial charge in [0.2, 0.25) is 5.91 Å². The summed E-state index contributed by atoms with van der Waals surface area (Å²) in [4.78, 5) is 23.7. The number of rotatable bonds is 7. The van der Waals surface area contributed by atoms with E-state index in [1.54, 1.807) is 6.07 Å². The van der Waals surface area contributed by atoms with Crippen molar-refractivity contribution in [3.63, 3.8) is 0 Å². The highest BCUT2D eigenvalue weighted by atomic mass is 19.1. The number of hydrogen-bond acceptors (Lipinski definition) is 5. The van der Waals surface area contributed by atoms with Crippen LogP contribution in [0.15, 0.2) is 42.7 Å². The van der Waals surface area contributed by atoms with E-state index >= 15 is 0 Å². The summed E-state index contributed by atoms with van der Waals surface area (Å²) in [6, 6.07) is 10.0. The van der Waals surface area contributed by atoms with Gasteiger partial charge in [-0.2, -0.15) is 5.26 Å². The van der Waals surface area contributed by atoms with Gasteiger partial charge in [0.1, 0.15) is 11.6 Å². The fourth-order valence-corrected chi connectivity index (χ4v) is 5.69. The second-order valence-corrected chi connectivity index (χ2v) is 10.7. The van der Waals surface area contributed by atoms with E-state index in [1.807, 2.05) is 18.3 Å². The molecule has 1 aromatic carbocycles. The first-order valence-corrected chi connectivity index (χ1v) is 13.3. The number of carbonyl (C=O) groups is 1. The molecule has 37 heavy (non-hydrogen) atoms. The Kier molecular flexibility index (Phi) is 6.56. The molecule has 1 aliphatic heterocycles. The number of pyridine rings is 1. The van der Waals surface area contributed by atoms with E-state index in [1.165, 1.54) is 30.0 Å². The summed E-state index contributed by atoms with van der Waals surface area (Å²) in [5.41, 5.74) is 2.93. The van der Waals surface area contributed by atoms with Crippen molar-refractivity contribution in [2.24, 2.45) is 17.8 Å². The second-order valence-electron chi connectivity index (χ2n) is 10.7. The SMILES string of the molecule is N#Cc1cc(F)cc([C@@H]2CCON2C(=O)C2CCC(Cn3ccc4ncc(OCC5CC5)cc43)CC2)c1. The van der Waals surface area contributed by atoms with E-state index in [-0.39, 0.29) is 23.4 Å². The van der Waals surface area contributed by atoms with E-state index in [2.05, 4.69) is 21.8 Å². The number of hydroxylamine groups is 2. The lowest BCUT2D eigenvalue weighted by atomic mass is 9.81. The molecule has 1 atom stereocenters. The monoisotopic (exact) mass is 502 g/mol. The van der Waals surface area contributed by atoms with Gasteiger partial charge in [0.05, 0.1) is 48.1 Å². The molecule has 3 aromatic rings. The first-order valence-electron chi connectivity index (χ1n) is 13.3. The highest BCUT2D eigenvalue weighted by Gasteiger charge is 2.37. The zero-order valence-corrected chi connectivity index (χ0v) is 20.8. The Morgan fingerprint density at radius 1 is 1.11 bits per heavy atom. The van der Waals surface area contributed by atoms with Crippen LogP contribution in [0.3, 0.4) is 0 Å². The summed E-state index contributed by atoms with van der Waals surface area (Å²) >= 11 is 0. The maximum atomic E-state index is 14.0. The highest BCUT2D eigenvalue weighted by molar-refractivity contribution is 5.79. The molecule has 2 aliphatic carbocycles. The van der Waals surface area contributed by atoms with Crippen molar-refractivity contribution in [3.05, 3.63) is 59.7 Å². The Morgan fingerprint density at radius 2 is 1.92 bits per heavy atom. The van der Waals surface area contributed by atoms with Crippen LogP contribution in [0.4, 0.5) is 4.39 Å². The van der Waals surface area contributed by atoms with E-state index in [9.17, 15) is 14.4 Å².